The van der Waals surface area contributed by atoms with E-state index in [1.807, 2.05) is 20.8 Å². The Balaban J connectivity index is 4.54. The predicted molar refractivity (Wildman–Crippen MR) is 76.1 cm³/mol. The molecule has 0 radical (unpaired) electrons. The summed E-state index contributed by atoms with van der Waals surface area (Å²) in [5.41, 5.74) is 0. The van der Waals surface area contributed by atoms with Crippen molar-refractivity contribution in [3.05, 3.63) is 0 Å². The van der Waals surface area contributed by atoms with Crippen molar-refractivity contribution in [2.24, 2.45) is 11.8 Å². The maximum absolute atomic E-state index is 12.1. The van der Waals surface area contributed by atoms with Crippen molar-refractivity contribution in [2.75, 3.05) is 13.1 Å². The second kappa shape index (κ2) is 8.77. The quantitative estimate of drug-likeness (QED) is 0.713. The average molecular weight is 272 g/mol. The SMILES string of the molecule is CCC(C)CN(CC)C(=O)N[C@H](CC(C)C)C(=O)O. The first-order chi connectivity index (χ1) is 8.81. The fraction of sp³-hybridized carbons (Fsp3) is 0.857. The van der Waals surface area contributed by atoms with Crippen molar-refractivity contribution in [1.82, 2.24) is 10.2 Å². The fourth-order valence-electron chi connectivity index (χ4n) is 1.79. The van der Waals surface area contributed by atoms with Crippen LogP contribution >= 0.6 is 0 Å². The number of hydrogen-bond acceptors (Lipinski definition) is 2. The number of nitrogens with one attached hydrogen (secondary N) is 1. The summed E-state index contributed by atoms with van der Waals surface area (Å²) < 4.78 is 0. The minimum Gasteiger partial charge on any atom is -0.480 e. The van der Waals surface area contributed by atoms with E-state index in [9.17, 15) is 9.59 Å². The van der Waals surface area contributed by atoms with E-state index >= 15 is 0 Å². The van der Waals surface area contributed by atoms with E-state index in [1.54, 1.807) is 4.90 Å². The molecule has 5 nitrogen and oxygen atoms in total. The van der Waals surface area contributed by atoms with Crippen molar-refractivity contribution >= 4 is 12.0 Å². The number of urea groups is 1. The average Bonchev–Trinajstić information content (AvgIpc) is 2.33. The van der Waals surface area contributed by atoms with Gasteiger partial charge in [-0.2, -0.15) is 0 Å². The molecular formula is C14H28N2O3. The van der Waals surface area contributed by atoms with E-state index in [0.29, 0.717) is 25.4 Å². The van der Waals surface area contributed by atoms with Crippen molar-refractivity contribution in [2.45, 2.75) is 53.5 Å². The highest BCUT2D eigenvalue weighted by Gasteiger charge is 2.23. The third-order valence-electron chi connectivity index (χ3n) is 3.20. The highest BCUT2D eigenvalue weighted by Crippen LogP contribution is 2.08. The first kappa shape index (κ1) is 17.7. The summed E-state index contributed by atoms with van der Waals surface area (Å²) in [6.07, 6.45) is 1.44. The van der Waals surface area contributed by atoms with Crippen LogP contribution in [-0.2, 0) is 4.79 Å². The molecule has 0 bridgehead atoms. The summed E-state index contributed by atoms with van der Waals surface area (Å²) in [5, 5.41) is 11.7. The molecule has 0 aliphatic carbocycles. The van der Waals surface area contributed by atoms with Gasteiger partial charge in [0, 0.05) is 13.1 Å². The molecule has 2 atom stereocenters. The van der Waals surface area contributed by atoms with Crippen LogP contribution in [0.5, 0.6) is 0 Å². The van der Waals surface area contributed by atoms with Crippen molar-refractivity contribution in [3.63, 3.8) is 0 Å². The van der Waals surface area contributed by atoms with Gasteiger partial charge in [0.05, 0.1) is 0 Å². The second-order valence-electron chi connectivity index (χ2n) is 5.52. The van der Waals surface area contributed by atoms with Gasteiger partial charge in [-0.15, -0.1) is 0 Å². The molecule has 0 saturated heterocycles. The molecule has 19 heavy (non-hydrogen) atoms. The second-order valence-corrected chi connectivity index (χ2v) is 5.52. The van der Waals surface area contributed by atoms with Gasteiger partial charge in [-0.3, -0.25) is 0 Å². The van der Waals surface area contributed by atoms with Crippen LogP contribution in [0.25, 0.3) is 0 Å². The zero-order valence-corrected chi connectivity index (χ0v) is 12.8. The van der Waals surface area contributed by atoms with Gasteiger partial charge in [0.1, 0.15) is 6.04 Å². The monoisotopic (exact) mass is 272 g/mol. The normalized spacial score (nSPS) is 14.0. The van der Waals surface area contributed by atoms with Gasteiger partial charge < -0.3 is 15.3 Å². The van der Waals surface area contributed by atoms with Gasteiger partial charge in [0.25, 0.3) is 0 Å². The molecule has 2 amide bonds. The fourth-order valence-corrected chi connectivity index (χ4v) is 1.79. The number of rotatable bonds is 8. The highest BCUT2D eigenvalue weighted by atomic mass is 16.4. The van der Waals surface area contributed by atoms with Crippen LogP contribution in [0.1, 0.15) is 47.5 Å². The molecular weight excluding hydrogens is 244 g/mol. The molecule has 0 aromatic carbocycles. The molecule has 0 saturated carbocycles. The van der Waals surface area contributed by atoms with Crippen LogP contribution in [0.4, 0.5) is 4.79 Å². The predicted octanol–water partition coefficient (Wildman–Crippen LogP) is 2.56. The third kappa shape index (κ3) is 7.03. The first-order valence-corrected chi connectivity index (χ1v) is 7.09. The Hall–Kier alpha value is -1.26. The van der Waals surface area contributed by atoms with Crippen LogP contribution in [0.15, 0.2) is 0 Å². The molecule has 0 spiro atoms. The maximum Gasteiger partial charge on any atom is 0.326 e. The first-order valence-electron chi connectivity index (χ1n) is 7.09. The molecule has 5 heteroatoms. The lowest BCUT2D eigenvalue weighted by Crippen LogP contribution is -2.49. The topological polar surface area (TPSA) is 69.6 Å². The molecule has 0 rings (SSSR count). The summed E-state index contributed by atoms with van der Waals surface area (Å²) in [7, 11) is 0. The van der Waals surface area contributed by atoms with Crippen LogP contribution in [0, 0.1) is 11.8 Å². The molecule has 0 heterocycles. The number of carbonyl (C=O) groups is 2. The lowest BCUT2D eigenvalue weighted by atomic mass is 10.0. The number of aliphatic carboxylic acids is 1. The minimum atomic E-state index is -0.971. The Kier molecular flexibility index (Phi) is 8.19. The Morgan fingerprint density at radius 2 is 1.79 bits per heavy atom. The van der Waals surface area contributed by atoms with E-state index < -0.39 is 12.0 Å². The van der Waals surface area contributed by atoms with Gasteiger partial charge in [-0.05, 0) is 25.2 Å². The number of nitrogens with zero attached hydrogens (tertiary/aromatic N) is 1. The third-order valence-corrected chi connectivity index (χ3v) is 3.20. The molecule has 2 N–H and O–H groups in total. The van der Waals surface area contributed by atoms with E-state index in [2.05, 4.69) is 19.2 Å². The molecule has 0 aliphatic rings. The summed E-state index contributed by atoms with van der Waals surface area (Å²) >= 11 is 0. The van der Waals surface area contributed by atoms with Crippen molar-refractivity contribution < 1.29 is 14.7 Å². The van der Waals surface area contributed by atoms with Gasteiger partial charge in [0.15, 0.2) is 0 Å². The Bertz CT molecular complexity index is 292. The number of carboxylic acid groups (broad SMARTS) is 1. The summed E-state index contributed by atoms with van der Waals surface area (Å²) in [5.74, 6) is -0.327. The Morgan fingerprint density at radius 1 is 1.21 bits per heavy atom. The van der Waals surface area contributed by atoms with Gasteiger partial charge in [-0.1, -0.05) is 34.1 Å². The number of amides is 2. The summed E-state index contributed by atoms with van der Waals surface area (Å²) in [6, 6.07) is -1.09. The van der Waals surface area contributed by atoms with Crippen LogP contribution in [0.3, 0.4) is 0 Å². The highest BCUT2D eigenvalue weighted by molar-refractivity contribution is 5.82. The van der Waals surface area contributed by atoms with Crippen molar-refractivity contribution in [3.8, 4) is 0 Å². The van der Waals surface area contributed by atoms with Gasteiger partial charge in [-0.25, -0.2) is 9.59 Å². The summed E-state index contributed by atoms with van der Waals surface area (Å²) in [6.45, 7) is 11.2. The molecule has 0 aromatic heterocycles. The zero-order valence-electron chi connectivity index (χ0n) is 12.8. The lowest BCUT2D eigenvalue weighted by Gasteiger charge is -2.26. The lowest BCUT2D eigenvalue weighted by molar-refractivity contribution is -0.139. The summed E-state index contributed by atoms with van der Waals surface area (Å²) in [4.78, 5) is 24.9. The molecule has 0 fully saturated rings. The smallest absolute Gasteiger partial charge is 0.326 e. The zero-order chi connectivity index (χ0) is 15.0. The van der Waals surface area contributed by atoms with E-state index in [-0.39, 0.29) is 11.9 Å². The largest absolute Gasteiger partial charge is 0.480 e. The molecule has 112 valence electrons. The molecule has 1 unspecified atom stereocenters. The number of carbonyl (C=O) groups excluding carboxylic acids is 1. The maximum atomic E-state index is 12.1. The standard InChI is InChI=1S/C14H28N2O3/c1-6-11(5)9-16(7-2)14(19)15-12(13(17)18)8-10(3)4/h10-12H,6-9H2,1-5H3,(H,15,19)(H,17,18)/t11?,12-/m1/s1. The van der Waals surface area contributed by atoms with Gasteiger partial charge >= 0.3 is 12.0 Å². The van der Waals surface area contributed by atoms with Gasteiger partial charge in [0.2, 0.25) is 0 Å². The van der Waals surface area contributed by atoms with E-state index in [4.69, 9.17) is 5.11 Å². The minimum absolute atomic E-state index is 0.228. The van der Waals surface area contributed by atoms with E-state index in [1.165, 1.54) is 0 Å². The van der Waals surface area contributed by atoms with Crippen LogP contribution in [0.2, 0.25) is 0 Å². The van der Waals surface area contributed by atoms with Crippen LogP contribution < -0.4 is 5.32 Å². The molecule has 0 aromatic rings. The van der Waals surface area contributed by atoms with E-state index in [0.717, 1.165) is 6.42 Å². The Labute approximate surface area is 116 Å². The van der Waals surface area contributed by atoms with Crippen molar-refractivity contribution in [1.29, 1.82) is 0 Å². The molecule has 0 aliphatic heterocycles. The van der Waals surface area contributed by atoms with Crippen LogP contribution in [-0.4, -0.2) is 41.1 Å². The number of hydrogen-bond donors (Lipinski definition) is 2. The number of carboxylic acids is 1. The Morgan fingerprint density at radius 3 is 2.16 bits per heavy atom.